The van der Waals surface area contributed by atoms with E-state index >= 15 is 0 Å². The predicted molar refractivity (Wildman–Crippen MR) is 136 cm³/mol. The largest absolute Gasteiger partial charge is 0.378 e. The van der Waals surface area contributed by atoms with Gasteiger partial charge >= 0.3 is 4.87 Å². The number of ether oxygens (including phenoxy) is 1. The molecule has 1 amide bonds. The molecule has 10 heteroatoms. The molecule has 8 nitrogen and oxygen atoms in total. The van der Waals surface area contributed by atoms with E-state index in [1.807, 2.05) is 30.3 Å². The Hall–Kier alpha value is -3.47. The van der Waals surface area contributed by atoms with Gasteiger partial charge in [-0.25, -0.2) is 8.42 Å². The lowest BCUT2D eigenvalue weighted by molar-refractivity contribution is 0.0303. The number of amides is 1. The second-order valence-corrected chi connectivity index (χ2v) is 10.8. The van der Waals surface area contributed by atoms with Crippen LogP contribution in [0.4, 0.5) is 5.69 Å². The minimum Gasteiger partial charge on any atom is -0.378 e. The number of nitrogens with one attached hydrogen (secondary N) is 1. The van der Waals surface area contributed by atoms with Crippen molar-refractivity contribution >= 4 is 43.2 Å². The molecule has 4 aromatic rings. The van der Waals surface area contributed by atoms with E-state index in [4.69, 9.17) is 4.74 Å². The summed E-state index contributed by atoms with van der Waals surface area (Å²) in [6, 6.07) is 20.8. The average Bonchev–Trinajstić information content (AvgIpc) is 3.19. The zero-order valence-corrected chi connectivity index (χ0v) is 20.3. The minimum atomic E-state index is -4.00. The van der Waals surface area contributed by atoms with Gasteiger partial charge in [0.15, 0.2) is 0 Å². The van der Waals surface area contributed by atoms with Crippen LogP contribution in [0, 0.1) is 0 Å². The van der Waals surface area contributed by atoms with Crippen molar-refractivity contribution in [2.24, 2.45) is 0 Å². The molecule has 0 radical (unpaired) electrons. The van der Waals surface area contributed by atoms with Gasteiger partial charge in [0.2, 0.25) is 0 Å². The van der Waals surface area contributed by atoms with Crippen LogP contribution in [0.25, 0.3) is 10.2 Å². The zero-order chi connectivity index (χ0) is 24.4. The van der Waals surface area contributed by atoms with E-state index in [0.717, 1.165) is 16.9 Å². The van der Waals surface area contributed by atoms with Gasteiger partial charge in [-0.15, -0.1) is 0 Å². The molecule has 2 heterocycles. The first-order valence-corrected chi connectivity index (χ1v) is 13.4. The summed E-state index contributed by atoms with van der Waals surface area (Å²) in [5.41, 5.74) is 2.14. The molecule has 1 aliphatic rings. The second-order valence-electron chi connectivity index (χ2n) is 8.12. The number of carbonyl (C=O) groups is 1. The number of aromatic nitrogens is 1. The van der Waals surface area contributed by atoms with Crippen molar-refractivity contribution in [2.45, 2.75) is 11.4 Å². The number of hydrogen-bond donors (Lipinski definition) is 1. The van der Waals surface area contributed by atoms with Gasteiger partial charge in [-0.3, -0.25) is 18.9 Å². The number of nitrogens with zero attached hydrogens (tertiary/aromatic N) is 2. The number of carbonyl (C=O) groups excluding carboxylic acids is 1. The zero-order valence-electron chi connectivity index (χ0n) is 18.7. The molecule has 1 saturated heterocycles. The van der Waals surface area contributed by atoms with Gasteiger partial charge in [-0.1, -0.05) is 53.8 Å². The fraction of sp³-hybridized carbons (Fsp3) is 0.200. The molecular formula is C25H23N3O5S2. The molecule has 1 N–H and O–H groups in total. The highest BCUT2D eigenvalue weighted by Crippen LogP contribution is 2.26. The van der Waals surface area contributed by atoms with Crippen LogP contribution in [0.2, 0.25) is 0 Å². The van der Waals surface area contributed by atoms with E-state index in [0.29, 0.717) is 43.1 Å². The molecule has 0 saturated carbocycles. The number of para-hydroxylation sites is 1. The Kier molecular flexibility index (Phi) is 6.42. The van der Waals surface area contributed by atoms with E-state index in [2.05, 4.69) is 4.72 Å². The van der Waals surface area contributed by atoms with Gasteiger partial charge in [0.05, 0.1) is 46.1 Å². The van der Waals surface area contributed by atoms with Gasteiger partial charge in [0.25, 0.3) is 15.9 Å². The van der Waals surface area contributed by atoms with Crippen LogP contribution in [-0.2, 0) is 21.3 Å². The number of rotatable bonds is 6. The lowest BCUT2D eigenvalue weighted by Gasteiger charge is -2.27. The Bertz CT molecular complexity index is 1540. The van der Waals surface area contributed by atoms with Crippen molar-refractivity contribution in [1.82, 2.24) is 9.47 Å². The number of anilines is 1. The van der Waals surface area contributed by atoms with Gasteiger partial charge in [-0.05, 0) is 35.9 Å². The predicted octanol–water partition coefficient (Wildman–Crippen LogP) is 3.38. The number of morpholine rings is 1. The molecule has 0 aliphatic carbocycles. The maximum absolute atomic E-state index is 13.2. The van der Waals surface area contributed by atoms with Crippen molar-refractivity contribution in [3.63, 3.8) is 0 Å². The third-order valence-corrected chi connectivity index (χ3v) is 8.14. The quantitative estimate of drug-likeness (QED) is 0.430. The molecule has 0 spiro atoms. The Labute approximate surface area is 206 Å². The summed E-state index contributed by atoms with van der Waals surface area (Å²) in [5.74, 6) is -0.252. The molecule has 0 bridgehead atoms. The highest BCUT2D eigenvalue weighted by molar-refractivity contribution is 7.92. The van der Waals surface area contributed by atoms with Crippen molar-refractivity contribution in [1.29, 1.82) is 0 Å². The minimum absolute atomic E-state index is 0.0201. The summed E-state index contributed by atoms with van der Waals surface area (Å²) in [7, 11) is -4.00. The maximum atomic E-state index is 13.2. The summed E-state index contributed by atoms with van der Waals surface area (Å²) >= 11 is 1.00. The average molecular weight is 510 g/mol. The summed E-state index contributed by atoms with van der Waals surface area (Å²) in [6.45, 7) is 2.21. The molecule has 35 heavy (non-hydrogen) atoms. The maximum Gasteiger partial charge on any atom is 0.308 e. The summed E-state index contributed by atoms with van der Waals surface area (Å²) in [5, 5.41) is 0. The summed E-state index contributed by atoms with van der Waals surface area (Å²) < 4.78 is 36.6. The second kappa shape index (κ2) is 9.65. The third kappa shape index (κ3) is 4.86. The molecule has 0 atom stereocenters. The van der Waals surface area contributed by atoms with Crippen LogP contribution in [0.3, 0.4) is 0 Å². The van der Waals surface area contributed by atoms with Gasteiger partial charge < -0.3 is 9.64 Å². The summed E-state index contributed by atoms with van der Waals surface area (Å²) in [4.78, 5) is 27.1. The van der Waals surface area contributed by atoms with Gasteiger partial charge in [-0.2, -0.15) is 0 Å². The molecule has 1 fully saturated rings. The fourth-order valence-electron chi connectivity index (χ4n) is 4.03. The van der Waals surface area contributed by atoms with Crippen LogP contribution in [0.5, 0.6) is 0 Å². The van der Waals surface area contributed by atoms with E-state index in [-0.39, 0.29) is 26.9 Å². The Morgan fingerprint density at radius 2 is 1.69 bits per heavy atom. The standard InChI is InChI=1S/C25H23N3O5S2/c29-24(27-12-14-33-15-13-27)20-8-4-5-9-21(20)26-35(31,32)19-10-11-22-23(16-19)34-25(30)28(22)17-18-6-2-1-3-7-18/h1-11,16,26H,12-15,17H2. The first-order valence-electron chi connectivity index (χ1n) is 11.1. The normalized spacial score (nSPS) is 14.2. The smallest absolute Gasteiger partial charge is 0.308 e. The molecular weight excluding hydrogens is 486 g/mol. The summed E-state index contributed by atoms with van der Waals surface area (Å²) in [6.07, 6.45) is 0. The van der Waals surface area contributed by atoms with Crippen LogP contribution >= 0.6 is 11.3 Å². The molecule has 1 aromatic heterocycles. The van der Waals surface area contributed by atoms with Crippen LogP contribution < -0.4 is 9.60 Å². The Morgan fingerprint density at radius 3 is 2.46 bits per heavy atom. The number of thiazole rings is 1. The van der Waals surface area contributed by atoms with Crippen LogP contribution in [-0.4, -0.2) is 50.1 Å². The number of sulfonamides is 1. The monoisotopic (exact) mass is 509 g/mol. The molecule has 3 aromatic carbocycles. The Balaban J connectivity index is 1.44. The first-order chi connectivity index (χ1) is 16.9. The van der Waals surface area contributed by atoms with Gasteiger partial charge in [0, 0.05) is 13.1 Å². The van der Waals surface area contributed by atoms with Gasteiger partial charge in [0.1, 0.15) is 0 Å². The third-order valence-electron chi connectivity index (χ3n) is 5.83. The van der Waals surface area contributed by atoms with Crippen LogP contribution in [0.15, 0.2) is 82.5 Å². The van der Waals surface area contributed by atoms with E-state index in [9.17, 15) is 18.0 Å². The highest BCUT2D eigenvalue weighted by atomic mass is 32.2. The van der Waals surface area contributed by atoms with Crippen LogP contribution in [0.1, 0.15) is 15.9 Å². The van der Waals surface area contributed by atoms with Crippen molar-refractivity contribution in [3.8, 4) is 0 Å². The lowest BCUT2D eigenvalue weighted by atomic mass is 10.1. The lowest BCUT2D eigenvalue weighted by Crippen LogP contribution is -2.41. The van der Waals surface area contributed by atoms with E-state index < -0.39 is 10.0 Å². The topological polar surface area (TPSA) is 97.7 Å². The number of hydrogen-bond acceptors (Lipinski definition) is 6. The van der Waals surface area contributed by atoms with Crippen molar-refractivity contribution in [2.75, 3.05) is 31.0 Å². The van der Waals surface area contributed by atoms with Crippen molar-refractivity contribution in [3.05, 3.63) is 93.6 Å². The highest BCUT2D eigenvalue weighted by Gasteiger charge is 2.24. The molecule has 180 valence electrons. The SMILES string of the molecule is O=C(c1ccccc1NS(=O)(=O)c1ccc2c(c1)sc(=O)n2Cc1ccccc1)N1CCOCC1. The number of benzene rings is 3. The fourth-order valence-corrected chi connectivity index (χ4v) is 6.14. The Morgan fingerprint density at radius 1 is 0.971 bits per heavy atom. The molecule has 1 aliphatic heterocycles. The number of fused-ring (bicyclic) bond motifs is 1. The van der Waals surface area contributed by atoms with E-state index in [1.165, 1.54) is 12.1 Å². The van der Waals surface area contributed by atoms with Crippen molar-refractivity contribution < 1.29 is 17.9 Å². The first kappa shape index (κ1) is 23.3. The van der Waals surface area contributed by atoms with E-state index in [1.54, 1.807) is 39.8 Å². The molecule has 0 unspecified atom stereocenters. The molecule has 5 rings (SSSR count).